The molecule has 7 heteroatoms. The summed E-state index contributed by atoms with van der Waals surface area (Å²) in [5, 5.41) is 3.82. The Labute approximate surface area is 125 Å². The van der Waals surface area contributed by atoms with Gasteiger partial charge in [0.15, 0.2) is 5.76 Å². The molecule has 3 aromatic rings. The second-order valence-corrected chi connectivity index (χ2v) is 4.33. The third kappa shape index (κ3) is 2.98. The van der Waals surface area contributed by atoms with Crippen LogP contribution in [0.25, 0.3) is 11.5 Å². The average molecular weight is 300 g/mol. The van der Waals surface area contributed by atoms with E-state index in [-0.39, 0.29) is 6.61 Å². The summed E-state index contributed by atoms with van der Waals surface area (Å²) in [6.07, 6.45) is 2.92. The number of hydrogen-bond donors (Lipinski definition) is 0. The van der Waals surface area contributed by atoms with Gasteiger partial charge in [0, 0.05) is 18.3 Å². The van der Waals surface area contributed by atoms with E-state index in [1.54, 1.807) is 30.3 Å². The Morgan fingerprint density at radius 3 is 2.86 bits per heavy atom. The maximum Gasteiger partial charge on any atom is 0.340 e. The van der Waals surface area contributed by atoms with Crippen LogP contribution in [0.3, 0.4) is 0 Å². The molecule has 0 unspecified atom stereocenters. The van der Waals surface area contributed by atoms with Crippen molar-refractivity contribution in [2.45, 2.75) is 6.61 Å². The fourth-order valence-corrected chi connectivity index (χ4v) is 1.76. The number of hydrogen-bond acceptors (Lipinski definition) is 7. The molecule has 112 valence electrons. The van der Waals surface area contributed by atoms with Crippen LogP contribution < -0.4 is 4.74 Å². The fourth-order valence-electron chi connectivity index (χ4n) is 1.76. The van der Waals surface area contributed by atoms with Crippen molar-refractivity contribution in [2.75, 3.05) is 7.11 Å². The average Bonchev–Trinajstić information content (AvgIpc) is 3.23. The number of ether oxygens (including phenoxy) is 2. The number of carbonyl (C=O) groups excluding carboxylic acids is 1. The normalized spacial score (nSPS) is 10.4. The molecular weight excluding hydrogens is 288 g/mol. The summed E-state index contributed by atoms with van der Waals surface area (Å²) in [6, 6.07) is 8.30. The van der Waals surface area contributed by atoms with Crippen molar-refractivity contribution in [2.24, 2.45) is 0 Å². The van der Waals surface area contributed by atoms with Crippen LogP contribution >= 0.6 is 0 Å². The van der Waals surface area contributed by atoms with Gasteiger partial charge in [-0.1, -0.05) is 5.16 Å². The third-order valence-corrected chi connectivity index (χ3v) is 2.86. The van der Waals surface area contributed by atoms with E-state index in [0.29, 0.717) is 28.7 Å². The Hall–Kier alpha value is -3.09. The van der Waals surface area contributed by atoms with E-state index in [4.69, 9.17) is 18.4 Å². The first-order valence-electron chi connectivity index (χ1n) is 6.43. The molecule has 0 N–H and O–H groups in total. The Bertz CT molecular complexity index is 747. The number of rotatable bonds is 5. The zero-order valence-corrected chi connectivity index (χ0v) is 11.7. The molecule has 0 atom stereocenters. The smallest absolute Gasteiger partial charge is 0.340 e. The fraction of sp³-hybridized carbons (Fsp3) is 0.133. The lowest BCUT2D eigenvalue weighted by atomic mass is 10.3. The first-order valence-corrected chi connectivity index (χ1v) is 6.43. The molecule has 0 saturated heterocycles. The monoisotopic (exact) mass is 300 g/mol. The second-order valence-electron chi connectivity index (χ2n) is 4.33. The van der Waals surface area contributed by atoms with Gasteiger partial charge in [0.1, 0.15) is 12.3 Å². The molecule has 3 rings (SSSR count). The molecule has 22 heavy (non-hydrogen) atoms. The Morgan fingerprint density at radius 1 is 1.27 bits per heavy atom. The predicted molar refractivity (Wildman–Crippen MR) is 74.1 cm³/mol. The van der Waals surface area contributed by atoms with Crippen LogP contribution in [-0.4, -0.2) is 23.2 Å². The molecule has 0 aliphatic rings. The van der Waals surface area contributed by atoms with E-state index in [1.807, 2.05) is 0 Å². The van der Waals surface area contributed by atoms with Gasteiger partial charge in [0.05, 0.1) is 18.9 Å². The number of carbonyl (C=O) groups is 1. The van der Waals surface area contributed by atoms with Crippen molar-refractivity contribution >= 4 is 5.97 Å². The molecule has 0 spiro atoms. The molecule has 0 bridgehead atoms. The summed E-state index contributed by atoms with van der Waals surface area (Å²) in [5.41, 5.74) is 0.816. The lowest BCUT2D eigenvalue weighted by Crippen LogP contribution is -2.06. The molecule has 3 heterocycles. The zero-order chi connectivity index (χ0) is 15.4. The Kier molecular flexibility index (Phi) is 3.86. The highest BCUT2D eigenvalue weighted by Gasteiger charge is 2.12. The molecule has 0 aliphatic carbocycles. The first kappa shape index (κ1) is 13.9. The molecule has 0 saturated carbocycles. The molecule has 3 aromatic heterocycles. The van der Waals surface area contributed by atoms with Gasteiger partial charge in [-0.15, -0.1) is 0 Å². The van der Waals surface area contributed by atoms with Crippen LogP contribution in [-0.2, 0) is 11.3 Å². The third-order valence-electron chi connectivity index (χ3n) is 2.86. The van der Waals surface area contributed by atoms with Crippen molar-refractivity contribution in [3.63, 3.8) is 0 Å². The number of furan rings is 1. The molecule has 0 aliphatic heterocycles. The number of esters is 1. The topological polar surface area (TPSA) is 87.6 Å². The SMILES string of the molecule is COc1ccc(C(=O)OCc2cc(-c3ccco3)on2)cn1. The van der Waals surface area contributed by atoms with Crippen molar-refractivity contribution < 1.29 is 23.2 Å². The molecule has 7 nitrogen and oxygen atoms in total. The second kappa shape index (κ2) is 6.13. The minimum absolute atomic E-state index is 0.00489. The quantitative estimate of drug-likeness (QED) is 0.669. The van der Waals surface area contributed by atoms with E-state index in [0.717, 1.165) is 0 Å². The van der Waals surface area contributed by atoms with Gasteiger partial charge in [0.25, 0.3) is 0 Å². The maximum atomic E-state index is 11.9. The van der Waals surface area contributed by atoms with E-state index >= 15 is 0 Å². The lowest BCUT2D eigenvalue weighted by molar-refractivity contribution is 0.0463. The van der Waals surface area contributed by atoms with Crippen LogP contribution in [0.4, 0.5) is 0 Å². The molecule has 0 radical (unpaired) electrons. The van der Waals surface area contributed by atoms with Crippen molar-refractivity contribution in [1.82, 2.24) is 10.1 Å². The Balaban J connectivity index is 1.61. The first-order chi connectivity index (χ1) is 10.8. The van der Waals surface area contributed by atoms with Gasteiger partial charge in [-0.2, -0.15) is 0 Å². The largest absolute Gasteiger partial charge is 0.481 e. The van der Waals surface area contributed by atoms with Crippen LogP contribution in [0.1, 0.15) is 16.1 Å². The molecule has 0 fully saturated rings. The van der Waals surface area contributed by atoms with E-state index < -0.39 is 5.97 Å². The van der Waals surface area contributed by atoms with Gasteiger partial charge in [-0.25, -0.2) is 9.78 Å². The van der Waals surface area contributed by atoms with Crippen LogP contribution in [0, 0.1) is 0 Å². The number of nitrogens with zero attached hydrogens (tertiary/aromatic N) is 2. The van der Waals surface area contributed by atoms with E-state index in [1.165, 1.54) is 19.6 Å². The highest BCUT2D eigenvalue weighted by molar-refractivity contribution is 5.89. The van der Waals surface area contributed by atoms with Gasteiger partial charge in [0.2, 0.25) is 11.6 Å². The summed E-state index contributed by atoms with van der Waals surface area (Å²) in [4.78, 5) is 15.8. The summed E-state index contributed by atoms with van der Waals surface area (Å²) in [6.45, 7) is -0.00489. The number of pyridine rings is 1. The standard InChI is InChI=1S/C15H12N2O5/c1-19-14-5-4-10(8-16-14)15(18)21-9-11-7-13(22-17-11)12-3-2-6-20-12/h2-8H,9H2,1H3. The van der Waals surface area contributed by atoms with Crippen molar-refractivity contribution in [3.8, 4) is 17.4 Å². The Morgan fingerprint density at radius 2 is 2.18 bits per heavy atom. The highest BCUT2D eigenvalue weighted by Crippen LogP contribution is 2.21. The van der Waals surface area contributed by atoms with Crippen LogP contribution in [0.15, 0.2) is 51.7 Å². The lowest BCUT2D eigenvalue weighted by Gasteiger charge is -2.03. The minimum Gasteiger partial charge on any atom is -0.481 e. The van der Waals surface area contributed by atoms with E-state index in [9.17, 15) is 4.79 Å². The van der Waals surface area contributed by atoms with Crippen molar-refractivity contribution in [3.05, 3.63) is 54.0 Å². The van der Waals surface area contributed by atoms with Gasteiger partial charge in [-0.3, -0.25) is 0 Å². The van der Waals surface area contributed by atoms with Gasteiger partial charge < -0.3 is 18.4 Å². The minimum atomic E-state index is -0.502. The summed E-state index contributed by atoms with van der Waals surface area (Å²) >= 11 is 0. The number of methoxy groups -OCH3 is 1. The zero-order valence-electron chi connectivity index (χ0n) is 11.7. The summed E-state index contributed by atoms with van der Waals surface area (Å²) < 4.78 is 20.4. The van der Waals surface area contributed by atoms with Gasteiger partial charge >= 0.3 is 5.97 Å². The maximum absolute atomic E-state index is 11.9. The summed E-state index contributed by atoms with van der Waals surface area (Å²) in [5.74, 6) is 0.959. The molecule has 0 aromatic carbocycles. The predicted octanol–water partition coefficient (Wildman–Crippen LogP) is 2.70. The molecule has 0 amide bonds. The van der Waals surface area contributed by atoms with E-state index in [2.05, 4.69) is 10.1 Å². The summed E-state index contributed by atoms with van der Waals surface area (Å²) in [7, 11) is 1.50. The van der Waals surface area contributed by atoms with Crippen LogP contribution in [0.2, 0.25) is 0 Å². The number of aromatic nitrogens is 2. The van der Waals surface area contributed by atoms with Crippen molar-refractivity contribution in [1.29, 1.82) is 0 Å². The van der Waals surface area contributed by atoms with Gasteiger partial charge in [-0.05, 0) is 18.2 Å². The highest BCUT2D eigenvalue weighted by atomic mass is 16.5. The van der Waals surface area contributed by atoms with Crippen LogP contribution in [0.5, 0.6) is 5.88 Å². The molecular formula is C15H12N2O5.